The molecule has 0 saturated carbocycles. The molecule has 1 aliphatic heterocycles. The van der Waals surface area contributed by atoms with Gasteiger partial charge < -0.3 is 19.9 Å². The second-order valence-electron chi connectivity index (χ2n) is 5.15. The van der Waals surface area contributed by atoms with Crippen molar-refractivity contribution < 1.29 is 9.72 Å². The third-order valence-electron chi connectivity index (χ3n) is 3.78. The van der Waals surface area contributed by atoms with Crippen LogP contribution in [-0.4, -0.2) is 51.9 Å². The first kappa shape index (κ1) is 14.9. The lowest BCUT2D eigenvalue weighted by atomic mass is 10.2. The molecule has 0 spiro atoms. The second kappa shape index (κ2) is 6.39. The fourth-order valence-electron chi connectivity index (χ4n) is 2.52. The average molecular weight is 313 g/mol. The normalized spacial score (nSPS) is 14.6. The van der Waals surface area contributed by atoms with E-state index in [-0.39, 0.29) is 11.7 Å². The van der Waals surface area contributed by atoms with Crippen molar-refractivity contribution in [3.63, 3.8) is 0 Å². The van der Waals surface area contributed by atoms with Crippen LogP contribution in [0.5, 0.6) is 0 Å². The molecule has 3 heterocycles. The number of nitro groups is 1. The third-order valence-corrected chi connectivity index (χ3v) is 3.78. The number of hydrogen-bond donors (Lipinski definition) is 0. The summed E-state index contributed by atoms with van der Waals surface area (Å²) in [4.78, 5) is 34.1. The minimum atomic E-state index is -0.519. The maximum absolute atomic E-state index is 12.4. The van der Waals surface area contributed by atoms with Gasteiger partial charge in [-0.05, 0) is 28.1 Å². The van der Waals surface area contributed by atoms with E-state index in [9.17, 15) is 14.9 Å². The van der Waals surface area contributed by atoms with Crippen LogP contribution < -0.4 is 4.90 Å². The molecule has 0 aliphatic carbocycles. The van der Waals surface area contributed by atoms with E-state index >= 15 is 0 Å². The van der Waals surface area contributed by atoms with Gasteiger partial charge in [0.15, 0.2) is 6.20 Å². The van der Waals surface area contributed by atoms with Gasteiger partial charge in [-0.3, -0.25) is 9.78 Å². The number of amides is 1. The number of carbonyl (C=O) groups is 1. The fraction of sp³-hybridized carbons (Fsp3) is 0.267. The number of nitrogens with zero attached hydrogens (tertiary/aromatic N) is 5. The number of pyridine rings is 2. The van der Waals surface area contributed by atoms with E-state index in [1.54, 1.807) is 35.5 Å². The first-order valence-corrected chi connectivity index (χ1v) is 7.20. The molecule has 0 aromatic carbocycles. The van der Waals surface area contributed by atoms with Crippen LogP contribution in [0.1, 0.15) is 10.4 Å². The number of aromatic nitrogens is 2. The van der Waals surface area contributed by atoms with Crippen LogP contribution in [0.3, 0.4) is 0 Å². The summed E-state index contributed by atoms with van der Waals surface area (Å²) < 4.78 is 0. The topological polar surface area (TPSA) is 92.5 Å². The minimum Gasteiger partial charge on any atom is -0.365 e. The van der Waals surface area contributed by atoms with Gasteiger partial charge in [0.2, 0.25) is 0 Å². The van der Waals surface area contributed by atoms with Crippen LogP contribution in [0, 0.1) is 10.1 Å². The molecule has 0 unspecified atom stereocenters. The van der Waals surface area contributed by atoms with Crippen LogP contribution in [0.2, 0.25) is 0 Å². The van der Waals surface area contributed by atoms with Gasteiger partial charge in [-0.15, -0.1) is 0 Å². The van der Waals surface area contributed by atoms with E-state index in [1.807, 2.05) is 0 Å². The van der Waals surface area contributed by atoms with Gasteiger partial charge in [-0.2, -0.15) is 0 Å². The zero-order valence-electron chi connectivity index (χ0n) is 12.3. The summed E-state index contributed by atoms with van der Waals surface area (Å²) in [5.74, 6) is -0.172. The van der Waals surface area contributed by atoms with Crippen molar-refractivity contribution >= 4 is 17.4 Å². The molecular formula is C15H15N5O3. The lowest BCUT2D eigenvalue weighted by Crippen LogP contribution is -2.48. The molecule has 3 rings (SSSR count). The van der Waals surface area contributed by atoms with Gasteiger partial charge in [0.25, 0.3) is 5.91 Å². The first-order valence-electron chi connectivity index (χ1n) is 7.20. The van der Waals surface area contributed by atoms with Crippen molar-refractivity contribution in [1.82, 2.24) is 14.9 Å². The summed E-state index contributed by atoms with van der Waals surface area (Å²) in [7, 11) is 0. The van der Waals surface area contributed by atoms with Crippen molar-refractivity contribution in [2.24, 2.45) is 0 Å². The number of rotatable bonds is 3. The zero-order chi connectivity index (χ0) is 16.2. The molecule has 8 heteroatoms. The lowest BCUT2D eigenvalue weighted by molar-refractivity contribution is -0.389. The van der Waals surface area contributed by atoms with Crippen LogP contribution in [0.15, 0.2) is 42.9 Å². The Hall–Kier alpha value is -3.03. The Morgan fingerprint density at radius 1 is 1.09 bits per heavy atom. The maximum atomic E-state index is 12.4. The molecule has 8 nitrogen and oxygen atoms in total. The highest BCUT2D eigenvalue weighted by Gasteiger charge is 2.23. The summed E-state index contributed by atoms with van der Waals surface area (Å²) in [6.45, 7) is 2.52. The molecule has 1 saturated heterocycles. The van der Waals surface area contributed by atoms with Crippen molar-refractivity contribution in [3.8, 4) is 0 Å². The Kier molecular flexibility index (Phi) is 4.13. The molecule has 2 aromatic rings. The molecule has 118 valence electrons. The number of anilines is 1. The quantitative estimate of drug-likeness (QED) is 0.627. The summed E-state index contributed by atoms with van der Waals surface area (Å²) in [5, 5.41) is 10.6. The average Bonchev–Trinajstić information content (AvgIpc) is 2.62. The van der Waals surface area contributed by atoms with E-state index in [0.717, 1.165) is 5.69 Å². The molecule has 2 aromatic heterocycles. The van der Waals surface area contributed by atoms with Gasteiger partial charge in [0.1, 0.15) is 0 Å². The fourth-order valence-corrected chi connectivity index (χ4v) is 2.52. The van der Waals surface area contributed by atoms with Crippen LogP contribution in [0.4, 0.5) is 11.5 Å². The van der Waals surface area contributed by atoms with Crippen molar-refractivity contribution in [1.29, 1.82) is 0 Å². The second-order valence-corrected chi connectivity index (χ2v) is 5.15. The van der Waals surface area contributed by atoms with Gasteiger partial charge in [0.05, 0.1) is 5.69 Å². The zero-order valence-corrected chi connectivity index (χ0v) is 12.3. The van der Waals surface area contributed by atoms with E-state index in [4.69, 9.17) is 0 Å². The van der Waals surface area contributed by atoms with Crippen molar-refractivity contribution in [2.45, 2.75) is 0 Å². The third kappa shape index (κ3) is 3.25. The molecule has 1 aliphatic rings. The van der Waals surface area contributed by atoms with Gasteiger partial charge in [-0.25, -0.2) is 0 Å². The van der Waals surface area contributed by atoms with Gasteiger partial charge in [-0.1, -0.05) is 0 Å². The maximum Gasteiger partial charge on any atom is 0.363 e. The van der Waals surface area contributed by atoms with E-state index in [1.165, 1.54) is 12.3 Å². The Balaban J connectivity index is 1.62. The highest BCUT2D eigenvalue weighted by atomic mass is 16.6. The van der Waals surface area contributed by atoms with Crippen molar-refractivity contribution in [2.75, 3.05) is 31.1 Å². The summed E-state index contributed by atoms with van der Waals surface area (Å²) in [5.41, 5.74) is 1.46. The monoisotopic (exact) mass is 313 g/mol. The molecule has 1 amide bonds. The summed E-state index contributed by atoms with van der Waals surface area (Å²) >= 11 is 0. The molecule has 0 atom stereocenters. The molecule has 0 radical (unpaired) electrons. The predicted octanol–water partition coefficient (Wildman–Crippen LogP) is 1.35. The molecular weight excluding hydrogens is 298 g/mol. The molecule has 23 heavy (non-hydrogen) atoms. The number of piperazine rings is 1. The van der Waals surface area contributed by atoms with Gasteiger partial charge >= 0.3 is 5.82 Å². The largest absolute Gasteiger partial charge is 0.365 e. The smallest absolute Gasteiger partial charge is 0.363 e. The highest BCUT2D eigenvalue weighted by molar-refractivity contribution is 5.94. The van der Waals surface area contributed by atoms with Crippen LogP contribution in [0.25, 0.3) is 0 Å². The lowest BCUT2D eigenvalue weighted by Gasteiger charge is -2.35. The number of carbonyl (C=O) groups excluding carboxylic acids is 1. The summed E-state index contributed by atoms with van der Waals surface area (Å²) in [6.07, 6.45) is 4.70. The molecule has 0 N–H and O–H groups in total. The Morgan fingerprint density at radius 3 is 2.35 bits per heavy atom. The van der Waals surface area contributed by atoms with Gasteiger partial charge in [0, 0.05) is 50.2 Å². The van der Waals surface area contributed by atoms with E-state index in [2.05, 4.69) is 14.9 Å². The molecule has 0 bridgehead atoms. The SMILES string of the molecule is O=C(c1ccncc1)N1CCN(c2ccc([N+](=O)[O-])nc2)CC1. The predicted molar refractivity (Wildman–Crippen MR) is 83.2 cm³/mol. The number of hydrogen-bond acceptors (Lipinski definition) is 6. The van der Waals surface area contributed by atoms with Crippen LogP contribution >= 0.6 is 0 Å². The summed E-state index contributed by atoms with van der Waals surface area (Å²) in [6, 6.07) is 6.49. The van der Waals surface area contributed by atoms with E-state index < -0.39 is 4.92 Å². The Bertz CT molecular complexity index is 697. The first-order chi connectivity index (χ1) is 11.1. The molecule has 1 fully saturated rings. The highest BCUT2D eigenvalue weighted by Crippen LogP contribution is 2.18. The van der Waals surface area contributed by atoms with Crippen molar-refractivity contribution in [3.05, 3.63) is 58.5 Å². The Morgan fingerprint density at radius 2 is 1.78 bits per heavy atom. The van der Waals surface area contributed by atoms with E-state index in [0.29, 0.717) is 31.7 Å². The standard InChI is InChI=1S/C15H15N5O3/c21-15(12-3-5-16-6-4-12)19-9-7-18(8-10-19)13-1-2-14(17-11-13)20(22)23/h1-6,11H,7-10H2. The Labute approximate surface area is 132 Å². The minimum absolute atomic E-state index is 0.00567. The van der Waals surface area contributed by atoms with Crippen LogP contribution in [-0.2, 0) is 0 Å².